The average Bonchev–Trinajstić information content (AvgIpc) is 2.98. The van der Waals surface area contributed by atoms with Crippen LogP contribution < -0.4 is 5.32 Å². The van der Waals surface area contributed by atoms with Crippen LogP contribution in [0.1, 0.15) is 49.2 Å². The van der Waals surface area contributed by atoms with Crippen LogP contribution in [0.3, 0.4) is 0 Å². The summed E-state index contributed by atoms with van der Waals surface area (Å²) in [4.78, 5) is 23.8. The molecule has 0 bridgehead atoms. The predicted molar refractivity (Wildman–Crippen MR) is 127 cm³/mol. The molecule has 0 radical (unpaired) electrons. The number of alkyl carbamates (subject to hydrolysis) is 1. The highest BCUT2D eigenvalue weighted by atomic mass is 35.5. The molecule has 2 aromatic rings. The van der Waals surface area contributed by atoms with Crippen molar-refractivity contribution in [2.24, 2.45) is 0 Å². The molecule has 0 spiro atoms. The Hall–Kier alpha value is -2.81. The molecule has 1 aliphatic heterocycles. The molecule has 0 unspecified atom stereocenters. The van der Waals surface area contributed by atoms with Gasteiger partial charge < -0.3 is 24.5 Å². The highest BCUT2D eigenvalue weighted by Crippen LogP contribution is 2.38. The second-order valence-corrected chi connectivity index (χ2v) is 9.17. The zero-order chi connectivity index (χ0) is 24.2. The number of carboxylic acids is 1. The molecule has 0 atom stereocenters. The lowest BCUT2D eigenvalue weighted by Crippen LogP contribution is -2.41. The quantitative estimate of drug-likeness (QED) is 0.553. The van der Waals surface area contributed by atoms with Crippen molar-refractivity contribution in [1.82, 2.24) is 5.32 Å². The first-order valence-corrected chi connectivity index (χ1v) is 10.9. The van der Waals surface area contributed by atoms with Crippen LogP contribution in [0.15, 0.2) is 54.0 Å². The first kappa shape index (κ1) is 24.8. The number of amides is 1. The number of nitrogens with one attached hydrogen (secondary N) is 1. The normalized spacial score (nSPS) is 17.0. The molecular weight excluding hydrogens is 445 g/mol. The highest BCUT2D eigenvalue weighted by Gasteiger charge is 2.52. The minimum atomic E-state index is -1.13. The van der Waals surface area contributed by atoms with Gasteiger partial charge in [-0.1, -0.05) is 54.1 Å². The molecule has 33 heavy (non-hydrogen) atoms. The summed E-state index contributed by atoms with van der Waals surface area (Å²) in [5.41, 5.74) is 0.865. The maximum atomic E-state index is 12.3. The lowest BCUT2D eigenvalue weighted by molar-refractivity contribution is 0.00578. The maximum absolute atomic E-state index is 12.3. The van der Waals surface area contributed by atoms with Gasteiger partial charge in [0.1, 0.15) is 6.61 Å². The Morgan fingerprint density at radius 1 is 1.09 bits per heavy atom. The van der Waals surface area contributed by atoms with Gasteiger partial charge in [0.2, 0.25) is 0 Å². The van der Waals surface area contributed by atoms with Crippen molar-refractivity contribution in [2.45, 2.75) is 45.5 Å². The lowest BCUT2D eigenvalue weighted by atomic mass is 9.77. The van der Waals surface area contributed by atoms with Crippen LogP contribution in [0, 0.1) is 0 Å². The van der Waals surface area contributed by atoms with Gasteiger partial charge in [0.25, 0.3) is 0 Å². The van der Waals surface area contributed by atoms with Gasteiger partial charge in [0.05, 0.1) is 21.8 Å². The van der Waals surface area contributed by atoms with E-state index in [-0.39, 0.29) is 23.7 Å². The molecule has 2 N–H and O–H groups in total. The number of hydrogen-bond acceptors (Lipinski definition) is 5. The predicted octanol–water partition coefficient (Wildman–Crippen LogP) is 4.98. The fraction of sp³-hybridized carbons (Fsp3) is 0.333. The van der Waals surface area contributed by atoms with Crippen molar-refractivity contribution in [3.63, 3.8) is 0 Å². The Kier molecular flexibility index (Phi) is 7.52. The third-order valence-electron chi connectivity index (χ3n) is 5.78. The second kappa shape index (κ2) is 9.99. The van der Waals surface area contributed by atoms with E-state index in [4.69, 9.17) is 25.6 Å². The van der Waals surface area contributed by atoms with Gasteiger partial charge in [-0.2, -0.15) is 0 Å². The molecular formula is C24H27BClNO6. The van der Waals surface area contributed by atoms with E-state index in [1.54, 1.807) is 12.1 Å². The van der Waals surface area contributed by atoms with Crippen molar-refractivity contribution in [3.8, 4) is 0 Å². The summed E-state index contributed by atoms with van der Waals surface area (Å²) in [6.45, 7) is 7.93. The Morgan fingerprint density at radius 2 is 1.73 bits per heavy atom. The van der Waals surface area contributed by atoms with Gasteiger partial charge in [0.15, 0.2) is 0 Å². The van der Waals surface area contributed by atoms with Gasteiger partial charge >= 0.3 is 19.2 Å². The minimum absolute atomic E-state index is 0.0195. The van der Waals surface area contributed by atoms with Gasteiger partial charge in [-0.3, -0.25) is 0 Å². The SMILES string of the molecule is CC1(C)OB(C(=Cc2ccc(Cl)c(C(=O)O)c2)CNC(=O)OCc2ccccc2)OC1(C)C. The number of rotatable bonds is 7. The third-order valence-corrected chi connectivity index (χ3v) is 6.11. The Balaban J connectivity index is 1.79. The topological polar surface area (TPSA) is 94.1 Å². The zero-order valence-corrected chi connectivity index (χ0v) is 19.8. The van der Waals surface area contributed by atoms with Crippen molar-refractivity contribution in [1.29, 1.82) is 0 Å². The average molecular weight is 472 g/mol. The lowest BCUT2D eigenvalue weighted by Gasteiger charge is -2.32. The Labute approximate surface area is 198 Å². The standard InChI is InChI=1S/C24H27BClNO6/c1-23(2)24(3,4)33-25(32-23)18(12-17-10-11-20(26)19(13-17)21(28)29)14-27-22(30)31-15-16-8-6-5-7-9-16/h5-13H,14-15H2,1-4H3,(H,27,30)(H,28,29). The minimum Gasteiger partial charge on any atom is -0.478 e. The number of aromatic carboxylic acids is 1. The summed E-state index contributed by atoms with van der Waals surface area (Å²) < 4.78 is 17.6. The van der Waals surface area contributed by atoms with Crippen molar-refractivity contribution in [2.75, 3.05) is 6.54 Å². The molecule has 174 valence electrons. The van der Waals surface area contributed by atoms with Gasteiger partial charge in [-0.25, -0.2) is 9.59 Å². The molecule has 0 aliphatic carbocycles. The summed E-state index contributed by atoms with van der Waals surface area (Å²) in [6, 6.07) is 14.0. The number of carboxylic acid groups (broad SMARTS) is 1. The Bertz CT molecular complexity index is 1040. The van der Waals surface area contributed by atoms with Gasteiger partial charge in [0, 0.05) is 6.54 Å². The molecule has 7 nitrogen and oxygen atoms in total. The van der Waals surface area contributed by atoms with E-state index in [0.29, 0.717) is 11.0 Å². The Morgan fingerprint density at radius 3 is 2.33 bits per heavy atom. The molecule has 2 aromatic carbocycles. The smallest absolute Gasteiger partial charge is 0.478 e. The molecule has 0 aromatic heterocycles. The van der Waals surface area contributed by atoms with E-state index in [1.165, 1.54) is 12.1 Å². The molecule has 0 saturated carbocycles. The van der Waals surface area contributed by atoms with Crippen molar-refractivity contribution in [3.05, 3.63) is 75.7 Å². The van der Waals surface area contributed by atoms with E-state index < -0.39 is 30.4 Å². The van der Waals surface area contributed by atoms with Gasteiger partial charge in [-0.15, -0.1) is 0 Å². The molecule has 1 aliphatic rings. The van der Waals surface area contributed by atoms with E-state index in [9.17, 15) is 14.7 Å². The van der Waals surface area contributed by atoms with Crippen LogP contribution >= 0.6 is 11.6 Å². The van der Waals surface area contributed by atoms with Crippen LogP contribution in [-0.4, -0.2) is 42.0 Å². The number of hydrogen-bond donors (Lipinski definition) is 2. The summed E-state index contributed by atoms with van der Waals surface area (Å²) in [6.07, 6.45) is 1.13. The number of carbonyl (C=O) groups is 2. The van der Waals surface area contributed by atoms with E-state index >= 15 is 0 Å². The van der Waals surface area contributed by atoms with Crippen molar-refractivity contribution < 1.29 is 28.7 Å². The second-order valence-electron chi connectivity index (χ2n) is 8.77. The number of ether oxygens (including phenoxy) is 1. The monoisotopic (exact) mass is 471 g/mol. The summed E-state index contributed by atoms with van der Waals surface area (Å²) in [5.74, 6) is -1.13. The molecule has 1 heterocycles. The van der Waals surface area contributed by atoms with Crippen molar-refractivity contribution >= 4 is 36.9 Å². The van der Waals surface area contributed by atoms with E-state index in [0.717, 1.165) is 5.56 Å². The van der Waals surface area contributed by atoms with Gasteiger partial charge in [-0.05, 0) is 56.4 Å². The largest absolute Gasteiger partial charge is 0.492 e. The maximum Gasteiger partial charge on any atom is 0.492 e. The fourth-order valence-corrected chi connectivity index (χ4v) is 3.35. The van der Waals surface area contributed by atoms with E-state index in [2.05, 4.69) is 5.32 Å². The van der Waals surface area contributed by atoms with Crippen LogP contribution in [-0.2, 0) is 20.7 Å². The van der Waals surface area contributed by atoms with E-state index in [1.807, 2.05) is 58.0 Å². The molecule has 1 fully saturated rings. The number of halogens is 1. The summed E-state index contributed by atoms with van der Waals surface area (Å²) >= 11 is 5.99. The third kappa shape index (κ3) is 6.16. The molecule has 9 heteroatoms. The first-order valence-electron chi connectivity index (χ1n) is 10.5. The zero-order valence-electron chi connectivity index (χ0n) is 19.1. The number of benzene rings is 2. The van der Waals surface area contributed by atoms with Crippen LogP contribution in [0.25, 0.3) is 6.08 Å². The molecule has 1 saturated heterocycles. The van der Waals surface area contributed by atoms with Crippen LogP contribution in [0.2, 0.25) is 5.02 Å². The fourth-order valence-electron chi connectivity index (χ4n) is 3.16. The summed E-state index contributed by atoms with van der Waals surface area (Å²) in [7, 11) is -0.742. The first-order chi connectivity index (χ1) is 15.5. The highest BCUT2D eigenvalue weighted by molar-refractivity contribution is 6.56. The van der Waals surface area contributed by atoms with Crippen LogP contribution in [0.5, 0.6) is 0 Å². The number of carbonyl (C=O) groups excluding carboxylic acids is 1. The molecule has 1 amide bonds. The van der Waals surface area contributed by atoms with Crippen LogP contribution in [0.4, 0.5) is 4.79 Å². The summed E-state index contributed by atoms with van der Waals surface area (Å²) in [5, 5.41) is 12.2. The molecule has 3 rings (SSSR count).